The molecule has 1 aliphatic carbocycles. The smallest absolute Gasteiger partial charge is 0.0806 e. The molecule has 0 spiro atoms. The van der Waals surface area contributed by atoms with Crippen LogP contribution < -0.4 is 5.32 Å². The van der Waals surface area contributed by atoms with Gasteiger partial charge >= 0.3 is 0 Å². The van der Waals surface area contributed by atoms with Crippen molar-refractivity contribution in [1.82, 2.24) is 5.32 Å². The van der Waals surface area contributed by atoms with Gasteiger partial charge in [-0.25, -0.2) is 0 Å². The number of ether oxygens (including phenoxy) is 1. The summed E-state index contributed by atoms with van der Waals surface area (Å²) in [7, 11) is 0. The van der Waals surface area contributed by atoms with E-state index >= 15 is 0 Å². The van der Waals surface area contributed by atoms with Gasteiger partial charge in [-0.15, -0.1) is 0 Å². The summed E-state index contributed by atoms with van der Waals surface area (Å²) in [5, 5.41) is 3.45. The van der Waals surface area contributed by atoms with Crippen molar-refractivity contribution in [3.63, 3.8) is 0 Å². The van der Waals surface area contributed by atoms with Crippen molar-refractivity contribution in [3.8, 4) is 0 Å². The lowest BCUT2D eigenvalue weighted by Gasteiger charge is -2.31. The molecule has 2 heteroatoms. The van der Waals surface area contributed by atoms with Gasteiger partial charge in [-0.1, -0.05) is 40.5 Å². The first-order valence-electron chi connectivity index (χ1n) is 6.82. The average Bonchev–Trinajstić information content (AvgIpc) is 2.62. The Morgan fingerprint density at radius 1 is 1.19 bits per heavy atom. The highest BCUT2D eigenvalue weighted by molar-refractivity contribution is 4.88. The van der Waals surface area contributed by atoms with Crippen molar-refractivity contribution in [2.45, 2.75) is 65.4 Å². The zero-order valence-corrected chi connectivity index (χ0v) is 11.6. The lowest BCUT2D eigenvalue weighted by atomic mass is 9.92. The second-order valence-electron chi connectivity index (χ2n) is 6.33. The molecule has 2 nitrogen and oxygen atoms in total. The minimum Gasteiger partial charge on any atom is -0.374 e. The second-order valence-corrected chi connectivity index (χ2v) is 6.33. The third kappa shape index (κ3) is 4.84. The summed E-state index contributed by atoms with van der Waals surface area (Å²) in [6.07, 6.45) is 6.30. The maximum Gasteiger partial charge on any atom is 0.0806 e. The van der Waals surface area contributed by atoms with Crippen LogP contribution in [0.3, 0.4) is 0 Å². The van der Waals surface area contributed by atoms with Gasteiger partial charge in [-0.3, -0.25) is 0 Å². The minimum absolute atomic E-state index is 0.154. The van der Waals surface area contributed by atoms with E-state index in [2.05, 4.69) is 33.0 Å². The third-order valence-electron chi connectivity index (χ3n) is 3.47. The van der Waals surface area contributed by atoms with Gasteiger partial charge in [-0.2, -0.15) is 0 Å². The summed E-state index contributed by atoms with van der Waals surface area (Å²) in [6.45, 7) is 12.0. The van der Waals surface area contributed by atoms with E-state index in [-0.39, 0.29) is 5.60 Å². The number of likely N-dealkylation sites (N-methyl/N-ethyl adjacent to an activating group) is 1. The zero-order chi connectivity index (χ0) is 12.1. The predicted molar refractivity (Wildman–Crippen MR) is 69.8 cm³/mol. The maximum absolute atomic E-state index is 6.21. The molecule has 0 aromatic rings. The Morgan fingerprint density at radius 2 is 1.81 bits per heavy atom. The summed E-state index contributed by atoms with van der Waals surface area (Å²) in [5.41, 5.74) is 0.541. The van der Waals surface area contributed by atoms with E-state index in [4.69, 9.17) is 4.74 Å². The lowest BCUT2D eigenvalue weighted by molar-refractivity contribution is -0.0475. The molecule has 0 aromatic heterocycles. The Kier molecular flexibility index (Phi) is 5.26. The van der Waals surface area contributed by atoms with E-state index in [1.165, 1.54) is 25.7 Å². The van der Waals surface area contributed by atoms with E-state index in [1.807, 2.05) is 0 Å². The van der Waals surface area contributed by atoms with E-state index in [1.54, 1.807) is 0 Å². The molecule has 0 bridgehead atoms. The molecule has 1 fully saturated rings. The summed E-state index contributed by atoms with van der Waals surface area (Å²) in [5.74, 6) is 0. The maximum atomic E-state index is 6.21. The largest absolute Gasteiger partial charge is 0.374 e. The topological polar surface area (TPSA) is 21.3 Å². The summed E-state index contributed by atoms with van der Waals surface area (Å²) < 4.78 is 6.21. The zero-order valence-electron chi connectivity index (χ0n) is 11.6. The fraction of sp³-hybridized carbons (Fsp3) is 1.00. The fourth-order valence-corrected chi connectivity index (χ4v) is 2.32. The molecule has 0 amide bonds. The number of hydrogen-bond acceptors (Lipinski definition) is 2. The van der Waals surface area contributed by atoms with Crippen molar-refractivity contribution in [3.05, 3.63) is 0 Å². The molecule has 0 heterocycles. The molecule has 1 N–H and O–H groups in total. The van der Waals surface area contributed by atoms with Crippen LogP contribution in [-0.2, 0) is 4.74 Å². The van der Waals surface area contributed by atoms with Crippen molar-refractivity contribution in [2.75, 3.05) is 19.7 Å². The van der Waals surface area contributed by atoms with Gasteiger partial charge in [0.25, 0.3) is 0 Å². The number of rotatable bonds is 6. The molecular formula is C14H29NO. The van der Waals surface area contributed by atoms with Crippen LogP contribution in [0.5, 0.6) is 0 Å². The Labute approximate surface area is 101 Å². The van der Waals surface area contributed by atoms with Crippen LogP contribution in [0.15, 0.2) is 0 Å². The van der Waals surface area contributed by atoms with Crippen LogP contribution in [-0.4, -0.2) is 25.3 Å². The number of nitrogens with one attached hydrogen (secondary N) is 1. The molecule has 0 atom stereocenters. The van der Waals surface area contributed by atoms with E-state index in [9.17, 15) is 0 Å². The molecule has 0 unspecified atom stereocenters. The van der Waals surface area contributed by atoms with Crippen molar-refractivity contribution in [1.29, 1.82) is 0 Å². The van der Waals surface area contributed by atoms with Gasteiger partial charge in [0.2, 0.25) is 0 Å². The van der Waals surface area contributed by atoms with E-state index < -0.39 is 0 Å². The molecule has 0 radical (unpaired) electrons. The first kappa shape index (κ1) is 14.0. The van der Waals surface area contributed by atoms with Crippen molar-refractivity contribution in [2.24, 2.45) is 5.41 Å². The summed E-state index contributed by atoms with van der Waals surface area (Å²) in [4.78, 5) is 0. The Morgan fingerprint density at radius 3 is 2.31 bits per heavy atom. The fourth-order valence-electron chi connectivity index (χ4n) is 2.32. The van der Waals surface area contributed by atoms with Crippen LogP contribution >= 0.6 is 0 Å². The quantitative estimate of drug-likeness (QED) is 0.751. The normalized spacial score (nSPS) is 20.2. The van der Waals surface area contributed by atoms with Gasteiger partial charge in [0.05, 0.1) is 5.60 Å². The molecule has 16 heavy (non-hydrogen) atoms. The van der Waals surface area contributed by atoms with Crippen LogP contribution in [0.1, 0.15) is 59.8 Å². The van der Waals surface area contributed by atoms with Crippen LogP contribution in [0.25, 0.3) is 0 Å². The second kappa shape index (κ2) is 6.02. The van der Waals surface area contributed by atoms with Gasteiger partial charge in [-0.05, 0) is 31.2 Å². The van der Waals surface area contributed by atoms with Crippen molar-refractivity contribution < 1.29 is 4.74 Å². The molecule has 1 saturated carbocycles. The highest BCUT2D eigenvalue weighted by Gasteiger charge is 2.34. The van der Waals surface area contributed by atoms with Crippen LogP contribution in [0, 0.1) is 5.41 Å². The third-order valence-corrected chi connectivity index (χ3v) is 3.47. The number of hydrogen-bond donors (Lipinski definition) is 1. The van der Waals surface area contributed by atoms with E-state index in [0.717, 1.165) is 26.1 Å². The predicted octanol–water partition coefficient (Wildman–Crippen LogP) is 3.36. The SMILES string of the molecule is CCNCC1(OCCC(C)(C)C)CCCC1. The first-order valence-corrected chi connectivity index (χ1v) is 6.82. The van der Waals surface area contributed by atoms with Crippen LogP contribution in [0.2, 0.25) is 0 Å². The molecule has 0 aromatic carbocycles. The van der Waals surface area contributed by atoms with Crippen LogP contribution in [0.4, 0.5) is 0 Å². The molecule has 1 rings (SSSR count). The average molecular weight is 227 g/mol. The lowest BCUT2D eigenvalue weighted by Crippen LogP contribution is -2.41. The Bertz CT molecular complexity index is 189. The molecule has 1 aliphatic rings. The first-order chi connectivity index (χ1) is 7.47. The highest BCUT2D eigenvalue weighted by atomic mass is 16.5. The molecular weight excluding hydrogens is 198 g/mol. The monoisotopic (exact) mass is 227 g/mol. The summed E-state index contributed by atoms with van der Waals surface area (Å²) >= 11 is 0. The standard InChI is InChI=1S/C14H29NO/c1-5-15-12-14(8-6-7-9-14)16-11-10-13(2,3)4/h15H,5-12H2,1-4H3. The summed E-state index contributed by atoms with van der Waals surface area (Å²) in [6, 6.07) is 0. The Hall–Kier alpha value is -0.0800. The van der Waals surface area contributed by atoms with Gasteiger partial charge in [0, 0.05) is 13.2 Å². The van der Waals surface area contributed by atoms with Gasteiger partial charge < -0.3 is 10.1 Å². The molecule has 0 aliphatic heterocycles. The molecule has 96 valence electrons. The highest BCUT2D eigenvalue weighted by Crippen LogP contribution is 2.33. The minimum atomic E-state index is 0.154. The van der Waals surface area contributed by atoms with Gasteiger partial charge in [0.1, 0.15) is 0 Å². The van der Waals surface area contributed by atoms with E-state index in [0.29, 0.717) is 5.41 Å². The molecule has 0 saturated heterocycles. The van der Waals surface area contributed by atoms with Crippen molar-refractivity contribution >= 4 is 0 Å². The van der Waals surface area contributed by atoms with Gasteiger partial charge in [0.15, 0.2) is 0 Å². The Balaban J connectivity index is 2.33.